The van der Waals surface area contributed by atoms with Crippen LogP contribution in [0.5, 0.6) is 17.2 Å². The van der Waals surface area contributed by atoms with E-state index < -0.39 is 6.61 Å². The number of ether oxygens (including phenoxy) is 3. The molecule has 1 aliphatic heterocycles. The van der Waals surface area contributed by atoms with Crippen LogP contribution in [0.2, 0.25) is 0 Å². The normalized spacial score (nSPS) is 12.7. The van der Waals surface area contributed by atoms with Gasteiger partial charge in [0.25, 0.3) is 5.91 Å². The van der Waals surface area contributed by atoms with E-state index in [2.05, 4.69) is 4.74 Å². The minimum absolute atomic E-state index is 0.000635. The van der Waals surface area contributed by atoms with Crippen molar-refractivity contribution in [3.8, 4) is 17.2 Å². The third-order valence-corrected chi connectivity index (χ3v) is 5.16. The molecule has 2 heterocycles. The first-order valence-electron chi connectivity index (χ1n) is 8.89. The molecule has 8 heteroatoms. The van der Waals surface area contributed by atoms with Gasteiger partial charge in [0.15, 0.2) is 11.5 Å². The summed E-state index contributed by atoms with van der Waals surface area (Å²) >= 11 is 1.54. The molecular formula is C21H17F2NO4S. The molecule has 29 heavy (non-hydrogen) atoms. The second-order valence-corrected chi connectivity index (χ2v) is 7.23. The van der Waals surface area contributed by atoms with Crippen molar-refractivity contribution < 1.29 is 27.8 Å². The molecule has 1 aromatic heterocycles. The number of carbonyl (C=O) groups is 1. The van der Waals surface area contributed by atoms with Gasteiger partial charge in [0.2, 0.25) is 0 Å². The number of alkyl halides is 2. The number of nitrogens with zero attached hydrogens (tertiary/aromatic N) is 1. The fourth-order valence-corrected chi connectivity index (χ4v) is 3.67. The maximum atomic E-state index is 13.2. The number of fused-ring (bicyclic) bond motifs is 1. The highest BCUT2D eigenvalue weighted by Crippen LogP contribution is 2.35. The summed E-state index contributed by atoms with van der Waals surface area (Å²) in [5, 5.41) is 1.94. The third kappa shape index (κ3) is 4.48. The zero-order valence-corrected chi connectivity index (χ0v) is 16.0. The molecule has 0 fully saturated rings. The van der Waals surface area contributed by atoms with Gasteiger partial charge in [-0.05, 0) is 47.8 Å². The maximum absolute atomic E-state index is 13.2. The average molecular weight is 417 g/mol. The summed E-state index contributed by atoms with van der Waals surface area (Å²) in [4.78, 5) is 15.9. The van der Waals surface area contributed by atoms with Gasteiger partial charge in [-0.1, -0.05) is 6.07 Å². The molecule has 0 bridgehead atoms. The first-order chi connectivity index (χ1) is 14.1. The van der Waals surface area contributed by atoms with Gasteiger partial charge in [0.1, 0.15) is 19.0 Å². The highest BCUT2D eigenvalue weighted by Gasteiger charge is 2.22. The highest BCUT2D eigenvalue weighted by molar-refractivity contribution is 7.09. The number of hydrogen-bond donors (Lipinski definition) is 0. The van der Waals surface area contributed by atoms with Crippen LogP contribution >= 0.6 is 11.3 Å². The van der Waals surface area contributed by atoms with E-state index in [4.69, 9.17) is 9.47 Å². The number of thiophene rings is 1. The Labute approximate surface area is 170 Å². The minimum atomic E-state index is -2.91. The first kappa shape index (κ1) is 19.2. The lowest BCUT2D eigenvalue weighted by Gasteiger charge is -2.25. The van der Waals surface area contributed by atoms with Gasteiger partial charge < -0.3 is 19.1 Å². The summed E-state index contributed by atoms with van der Waals surface area (Å²) < 4.78 is 40.3. The van der Waals surface area contributed by atoms with Crippen molar-refractivity contribution >= 4 is 22.9 Å². The van der Waals surface area contributed by atoms with E-state index in [0.29, 0.717) is 42.5 Å². The van der Waals surface area contributed by atoms with Crippen LogP contribution in [0, 0.1) is 0 Å². The highest BCUT2D eigenvalue weighted by atomic mass is 32.1. The monoisotopic (exact) mass is 417 g/mol. The van der Waals surface area contributed by atoms with Gasteiger partial charge in [-0.3, -0.25) is 4.79 Å². The quantitative estimate of drug-likeness (QED) is 0.568. The molecule has 150 valence electrons. The van der Waals surface area contributed by atoms with Gasteiger partial charge >= 0.3 is 6.61 Å². The second-order valence-electron chi connectivity index (χ2n) is 6.20. The Morgan fingerprint density at radius 1 is 1.07 bits per heavy atom. The molecule has 0 aliphatic carbocycles. The number of anilines is 1. The fourth-order valence-electron chi connectivity index (χ4n) is 2.97. The van der Waals surface area contributed by atoms with Gasteiger partial charge in [0.05, 0.1) is 6.54 Å². The van der Waals surface area contributed by atoms with E-state index >= 15 is 0 Å². The maximum Gasteiger partial charge on any atom is 0.387 e. The summed E-state index contributed by atoms with van der Waals surface area (Å²) in [5.74, 6) is 0.954. The Kier molecular flexibility index (Phi) is 5.62. The van der Waals surface area contributed by atoms with Crippen LogP contribution in [0.4, 0.5) is 14.5 Å². The number of halogens is 2. The summed E-state index contributed by atoms with van der Waals surface area (Å²) in [6.07, 6.45) is 0. The van der Waals surface area contributed by atoms with Crippen molar-refractivity contribution in [3.63, 3.8) is 0 Å². The van der Waals surface area contributed by atoms with Gasteiger partial charge in [-0.2, -0.15) is 8.78 Å². The van der Waals surface area contributed by atoms with Gasteiger partial charge in [0, 0.05) is 22.2 Å². The predicted octanol–water partition coefficient (Wildman–Crippen LogP) is 4.97. The molecule has 0 unspecified atom stereocenters. The zero-order chi connectivity index (χ0) is 20.2. The Morgan fingerprint density at radius 2 is 1.83 bits per heavy atom. The Hall–Kier alpha value is -3.13. The lowest BCUT2D eigenvalue weighted by Crippen LogP contribution is -2.30. The Balaban J connectivity index is 1.64. The number of benzene rings is 2. The largest absolute Gasteiger partial charge is 0.486 e. The number of rotatable bonds is 6. The molecule has 0 atom stereocenters. The zero-order valence-electron chi connectivity index (χ0n) is 15.2. The number of hydrogen-bond acceptors (Lipinski definition) is 5. The standard InChI is InChI=1S/C21H17F2NO4S/c22-21(23)28-16-6-3-14(4-7-16)20(25)24(13-17-2-1-11-29-17)15-5-8-18-19(12-15)27-10-9-26-18/h1-8,11-12,21H,9-10,13H2. The van der Waals surface area contributed by atoms with E-state index in [-0.39, 0.29) is 11.7 Å². The fraction of sp³-hybridized carbons (Fsp3) is 0.190. The van der Waals surface area contributed by atoms with Crippen LogP contribution in [-0.4, -0.2) is 25.7 Å². The van der Waals surface area contributed by atoms with Crippen molar-refractivity contribution in [2.75, 3.05) is 18.1 Å². The molecule has 0 spiro atoms. The molecule has 0 N–H and O–H groups in total. The molecule has 0 saturated heterocycles. The predicted molar refractivity (Wildman–Crippen MR) is 105 cm³/mol. The van der Waals surface area contributed by atoms with E-state index in [1.54, 1.807) is 34.4 Å². The number of carbonyl (C=O) groups excluding carboxylic acids is 1. The Bertz CT molecular complexity index is 977. The molecule has 1 amide bonds. The van der Waals surface area contributed by atoms with Crippen molar-refractivity contribution in [1.82, 2.24) is 0 Å². The Morgan fingerprint density at radius 3 is 2.52 bits per heavy atom. The smallest absolute Gasteiger partial charge is 0.387 e. The lowest BCUT2D eigenvalue weighted by atomic mass is 10.1. The molecule has 2 aromatic carbocycles. The SMILES string of the molecule is O=C(c1ccc(OC(F)F)cc1)N(Cc1cccs1)c1ccc2c(c1)OCCO2. The lowest BCUT2D eigenvalue weighted by molar-refractivity contribution is -0.0498. The van der Waals surface area contributed by atoms with Crippen molar-refractivity contribution in [1.29, 1.82) is 0 Å². The minimum Gasteiger partial charge on any atom is -0.486 e. The van der Waals surface area contributed by atoms with E-state index in [0.717, 1.165) is 4.88 Å². The molecule has 3 aromatic rings. The average Bonchev–Trinajstić information content (AvgIpc) is 3.25. The van der Waals surface area contributed by atoms with Crippen LogP contribution in [0.15, 0.2) is 60.0 Å². The molecule has 4 rings (SSSR count). The van der Waals surface area contributed by atoms with Gasteiger partial charge in [-0.25, -0.2) is 0 Å². The third-order valence-electron chi connectivity index (χ3n) is 4.30. The van der Waals surface area contributed by atoms with Crippen molar-refractivity contribution in [3.05, 3.63) is 70.4 Å². The molecule has 0 saturated carbocycles. The summed E-state index contributed by atoms with van der Waals surface area (Å²) in [7, 11) is 0. The second kappa shape index (κ2) is 8.48. The van der Waals surface area contributed by atoms with Crippen molar-refractivity contribution in [2.24, 2.45) is 0 Å². The summed E-state index contributed by atoms with van der Waals surface area (Å²) in [6.45, 7) is -1.62. The van der Waals surface area contributed by atoms with Crippen LogP contribution in [-0.2, 0) is 6.54 Å². The van der Waals surface area contributed by atoms with Crippen LogP contribution < -0.4 is 19.1 Å². The van der Waals surface area contributed by atoms with E-state index in [1.807, 2.05) is 17.5 Å². The van der Waals surface area contributed by atoms with Crippen LogP contribution in [0.1, 0.15) is 15.2 Å². The van der Waals surface area contributed by atoms with Crippen LogP contribution in [0.25, 0.3) is 0 Å². The van der Waals surface area contributed by atoms with Gasteiger partial charge in [-0.15, -0.1) is 11.3 Å². The molecule has 1 aliphatic rings. The van der Waals surface area contributed by atoms with Crippen LogP contribution in [0.3, 0.4) is 0 Å². The molecule has 5 nitrogen and oxygen atoms in total. The van der Waals surface area contributed by atoms with E-state index in [1.165, 1.54) is 24.3 Å². The molecular weight excluding hydrogens is 400 g/mol. The molecule has 0 radical (unpaired) electrons. The first-order valence-corrected chi connectivity index (χ1v) is 9.77. The summed E-state index contributed by atoms with van der Waals surface area (Å²) in [6, 6.07) is 14.9. The van der Waals surface area contributed by atoms with E-state index in [9.17, 15) is 13.6 Å². The number of amides is 1. The summed E-state index contributed by atoms with van der Waals surface area (Å²) in [5.41, 5.74) is 1.01. The topological polar surface area (TPSA) is 48.0 Å². The van der Waals surface area contributed by atoms with Crippen molar-refractivity contribution in [2.45, 2.75) is 13.2 Å².